The third-order valence-corrected chi connectivity index (χ3v) is 6.28. The number of aryl methyl sites for hydroxylation is 1. The molecule has 0 N–H and O–H groups in total. The van der Waals surface area contributed by atoms with Crippen LogP contribution in [-0.2, 0) is 4.79 Å². The molecule has 1 aromatic carbocycles. The average Bonchev–Trinajstić information content (AvgIpc) is 2.63. The van der Waals surface area contributed by atoms with E-state index in [-0.39, 0.29) is 20.1 Å². The van der Waals surface area contributed by atoms with Crippen molar-refractivity contribution in [1.29, 1.82) is 0 Å². The van der Waals surface area contributed by atoms with Crippen molar-refractivity contribution >= 4 is 5.97 Å². The second kappa shape index (κ2) is 7.84. The standard InChI is InChI=1S/C21H28F2O2.2H2/c1-13-3-6-15(7-4-13)16-8-10-17(11-9-16)21(24)25-18-12-5-14(2)19(22)20(18)23;;/h5,12-13,15-17H,3-4,6-11H2,1-2H3;2*1H. The lowest BCUT2D eigenvalue weighted by Gasteiger charge is -2.36. The molecular formula is C21H32F2O2. The topological polar surface area (TPSA) is 26.3 Å². The molecule has 0 bridgehead atoms. The van der Waals surface area contributed by atoms with Gasteiger partial charge in [0.15, 0.2) is 11.6 Å². The molecule has 4 heteroatoms. The Balaban J connectivity index is 0.00000182. The van der Waals surface area contributed by atoms with Crippen molar-refractivity contribution in [3.05, 3.63) is 29.3 Å². The van der Waals surface area contributed by atoms with Crippen LogP contribution < -0.4 is 4.74 Å². The zero-order valence-electron chi connectivity index (χ0n) is 15.2. The highest BCUT2D eigenvalue weighted by molar-refractivity contribution is 5.75. The van der Waals surface area contributed by atoms with E-state index in [0.29, 0.717) is 5.92 Å². The van der Waals surface area contributed by atoms with Crippen LogP contribution in [0.15, 0.2) is 12.1 Å². The van der Waals surface area contributed by atoms with Crippen LogP contribution in [0.4, 0.5) is 8.78 Å². The number of carbonyl (C=O) groups excluding carboxylic acids is 1. The summed E-state index contributed by atoms with van der Waals surface area (Å²) in [6, 6.07) is 2.77. The Morgan fingerprint density at radius 2 is 1.52 bits per heavy atom. The normalized spacial score (nSPS) is 30.1. The van der Waals surface area contributed by atoms with E-state index in [2.05, 4.69) is 6.92 Å². The molecule has 3 rings (SSSR count). The highest BCUT2D eigenvalue weighted by Crippen LogP contribution is 2.41. The molecule has 142 valence electrons. The zero-order chi connectivity index (χ0) is 18.0. The maximum Gasteiger partial charge on any atom is 0.314 e. The first kappa shape index (κ1) is 18.3. The lowest BCUT2D eigenvalue weighted by molar-refractivity contribution is -0.140. The van der Waals surface area contributed by atoms with E-state index in [1.807, 2.05) is 0 Å². The predicted octanol–water partition coefficient (Wildman–Crippen LogP) is 6.30. The molecule has 0 unspecified atom stereocenters. The predicted molar refractivity (Wildman–Crippen MR) is 97.5 cm³/mol. The Morgan fingerprint density at radius 3 is 2.12 bits per heavy atom. The summed E-state index contributed by atoms with van der Waals surface area (Å²) in [6.45, 7) is 3.81. The number of hydrogen-bond acceptors (Lipinski definition) is 2. The monoisotopic (exact) mass is 354 g/mol. The van der Waals surface area contributed by atoms with E-state index in [1.165, 1.54) is 44.7 Å². The molecule has 0 saturated heterocycles. The van der Waals surface area contributed by atoms with Gasteiger partial charge in [0.25, 0.3) is 0 Å². The third-order valence-electron chi connectivity index (χ3n) is 6.28. The number of ether oxygens (including phenoxy) is 1. The van der Waals surface area contributed by atoms with Crippen LogP contribution in [0.1, 0.15) is 66.7 Å². The van der Waals surface area contributed by atoms with Gasteiger partial charge in [-0.1, -0.05) is 25.8 Å². The van der Waals surface area contributed by atoms with Gasteiger partial charge in [0.05, 0.1) is 5.92 Å². The van der Waals surface area contributed by atoms with Gasteiger partial charge in [-0.25, -0.2) is 4.39 Å². The Labute approximate surface area is 151 Å². The smallest absolute Gasteiger partial charge is 0.314 e. The zero-order valence-corrected chi connectivity index (χ0v) is 15.2. The van der Waals surface area contributed by atoms with Crippen molar-refractivity contribution in [3.8, 4) is 5.75 Å². The second-order valence-electron chi connectivity index (χ2n) is 8.06. The molecule has 0 amide bonds. The van der Waals surface area contributed by atoms with Crippen LogP contribution >= 0.6 is 0 Å². The number of rotatable bonds is 3. The number of hydrogen-bond donors (Lipinski definition) is 0. The highest BCUT2D eigenvalue weighted by atomic mass is 19.2. The van der Waals surface area contributed by atoms with Crippen LogP contribution in [0.2, 0.25) is 0 Å². The van der Waals surface area contributed by atoms with Gasteiger partial charge in [-0.2, -0.15) is 4.39 Å². The van der Waals surface area contributed by atoms with Crippen LogP contribution in [0.5, 0.6) is 5.75 Å². The molecule has 0 spiro atoms. The Bertz CT molecular complexity index is 623. The van der Waals surface area contributed by atoms with Gasteiger partial charge in [-0.15, -0.1) is 0 Å². The Kier molecular flexibility index (Phi) is 5.75. The highest BCUT2D eigenvalue weighted by Gasteiger charge is 2.33. The summed E-state index contributed by atoms with van der Waals surface area (Å²) >= 11 is 0. The SMILES string of the molecule is Cc1ccc(OC(=O)C2CCC(C3CCC(C)CC3)CC2)c(F)c1F.[HH].[HH]. The summed E-state index contributed by atoms with van der Waals surface area (Å²) in [7, 11) is 0. The molecule has 1 aromatic rings. The molecule has 0 atom stereocenters. The number of esters is 1. The van der Waals surface area contributed by atoms with E-state index >= 15 is 0 Å². The van der Waals surface area contributed by atoms with Crippen molar-refractivity contribution in [2.24, 2.45) is 23.7 Å². The van der Waals surface area contributed by atoms with Crippen molar-refractivity contribution in [2.75, 3.05) is 0 Å². The minimum absolute atomic E-state index is 0. The molecule has 2 nitrogen and oxygen atoms in total. The quantitative estimate of drug-likeness (QED) is 0.470. The Hall–Kier alpha value is -1.45. The molecule has 25 heavy (non-hydrogen) atoms. The summed E-state index contributed by atoms with van der Waals surface area (Å²) < 4.78 is 32.6. The first-order chi connectivity index (χ1) is 12.0. The number of carbonyl (C=O) groups is 1. The number of benzene rings is 1. The second-order valence-corrected chi connectivity index (χ2v) is 8.06. The molecular weight excluding hydrogens is 322 g/mol. The lowest BCUT2D eigenvalue weighted by atomic mass is 9.69. The fourth-order valence-corrected chi connectivity index (χ4v) is 4.48. The summed E-state index contributed by atoms with van der Waals surface area (Å²) in [6.07, 6.45) is 8.96. The van der Waals surface area contributed by atoms with E-state index in [0.717, 1.165) is 37.5 Å². The fourth-order valence-electron chi connectivity index (χ4n) is 4.48. The minimum Gasteiger partial charge on any atom is -0.423 e. The molecule has 0 aromatic heterocycles. The van der Waals surface area contributed by atoms with Gasteiger partial charge >= 0.3 is 5.97 Å². The van der Waals surface area contributed by atoms with Crippen molar-refractivity contribution in [2.45, 2.75) is 65.2 Å². The molecule has 2 saturated carbocycles. The summed E-state index contributed by atoms with van der Waals surface area (Å²) in [5.41, 5.74) is 0.208. The molecule has 2 fully saturated rings. The van der Waals surface area contributed by atoms with Gasteiger partial charge in [0, 0.05) is 2.85 Å². The summed E-state index contributed by atoms with van der Waals surface area (Å²) in [4.78, 5) is 12.3. The maximum absolute atomic E-state index is 13.9. The largest absolute Gasteiger partial charge is 0.423 e. The van der Waals surface area contributed by atoms with Crippen molar-refractivity contribution in [3.63, 3.8) is 0 Å². The van der Waals surface area contributed by atoms with E-state index in [9.17, 15) is 13.6 Å². The van der Waals surface area contributed by atoms with E-state index < -0.39 is 17.6 Å². The lowest BCUT2D eigenvalue weighted by Crippen LogP contribution is -2.30. The molecule has 0 aliphatic heterocycles. The molecule has 0 heterocycles. The van der Waals surface area contributed by atoms with Crippen LogP contribution in [0.3, 0.4) is 0 Å². The van der Waals surface area contributed by atoms with Crippen LogP contribution in [-0.4, -0.2) is 5.97 Å². The third kappa shape index (κ3) is 4.21. The first-order valence-electron chi connectivity index (χ1n) is 9.62. The maximum atomic E-state index is 13.9. The molecule has 2 aliphatic rings. The van der Waals surface area contributed by atoms with Gasteiger partial charge in [-0.05, 0) is 74.8 Å². The first-order valence-corrected chi connectivity index (χ1v) is 9.62. The van der Waals surface area contributed by atoms with E-state index in [4.69, 9.17) is 4.74 Å². The van der Waals surface area contributed by atoms with Crippen LogP contribution in [0.25, 0.3) is 0 Å². The number of halogens is 2. The van der Waals surface area contributed by atoms with E-state index in [1.54, 1.807) is 0 Å². The van der Waals surface area contributed by atoms with Gasteiger partial charge in [-0.3, -0.25) is 4.79 Å². The van der Waals surface area contributed by atoms with Crippen LogP contribution in [0, 0.1) is 42.2 Å². The van der Waals surface area contributed by atoms with Gasteiger partial charge in [0.1, 0.15) is 0 Å². The van der Waals surface area contributed by atoms with Crippen molar-refractivity contribution in [1.82, 2.24) is 0 Å². The van der Waals surface area contributed by atoms with Gasteiger partial charge in [0.2, 0.25) is 5.82 Å². The molecule has 0 radical (unpaired) electrons. The average molecular weight is 354 g/mol. The molecule has 2 aliphatic carbocycles. The minimum atomic E-state index is -1.07. The Morgan fingerprint density at radius 1 is 0.960 bits per heavy atom. The fraction of sp³-hybridized carbons (Fsp3) is 0.667. The summed E-state index contributed by atoms with van der Waals surface area (Å²) in [5.74, 6) is -0.551. The summed E-state index contributed by atoms with van der Waals surface area (Å²) in [5, 5.41) is 0. The van der Waals surface area contributed by atoms with Crippen molar-refractivity contribution < 1.29 is 21.2 Å². The van der Waals surface area contributed by atoms with Gasteiger partial charge < -0.3 is 4.74 Å².